The molecule has 0 aliphatic heterocycles. The van der Waals surface area contributed by atoms with Crippen molar-refractivity contribution in [3.63, 3.8) is 0 Å². The van der Waals surface area contributed by atoms with Crippen LogP contribution in [0, 0.1) is 12.7 Å². The topological polar surface area (TPSA) is 20.2 Å². The van der Waals surface area contributed by atoms with Gasteiger partial charge < -0.3 is 5.11 Å². The molecule has 0 spiro atoms. The molecule has 0 amide bonds. The standard InChI is InChI=1S/C14H10Br2ClFO/c1-7-5-11(16)9(6-10(7)15)14(19)8-3-2-4-12(18)13(8)17/h2-6,14,19H,1H3. The van der Waals surface area contributed by atoms with Crippen LogP contribution in [-0.4, -0.2) is 5.11 Å². The molecule has 0 saturated carbocycles. The van der Waals surface area contributed by atoms with E-state index in [1.807, 2.05) is 13.0 Å². The van der Waals surface area contributed by atoms with Gasteiger partial charge in [0.2, 0.25) is 0 Å². The van der Waals surface area contributed by atoms with Crippen LogP contribution in [0.4, 0.5) is 4.39 Å². The van der Waals surface area contributed by atoms with Gasteiger partial charge in [0.1, 0.15) is 11.9 Å². The summed E-state index contributed by atoms with van der Waals surface area (Å²) in [4.78, 5) is 0. The van der Waals surface area contributed by atoms with Crippen LogP contribution in [0.5, 0.6) is 0 Å². The van der Waals surface area contributed by atoms with E-state index in [1.54, 1.807) is 12.1 Å². The molecule has 100 valence electrons. The molecule has 1 atom stereocenters. The normalized spacial score (nSPS) is 12.5. The minimum atomic E-state index is -0.991. The third-order valence-corrected chi connectivity index (χ3v) is 4.79. The third kappa shape index (κ3) is 3.02. The highest BCUT2D eigenvalue weighted by Gasteiger charge is 2.19. The predicted molar refractivity (Wildman–Crippen MR) is 82.1 cm³/mol. The first-order chi connectivity index (χ1) is 8.91. The van der Waals surface area contributed by atoms with Crippen LogP contribution in [-0.2, 0) is 0 Å². The molecule has 0 bridgehead atoms. The highest BCUT2D eigenvalue weighted by Crippen LogP contribution is 2.36. The molecule has 1 unspecified atom stereocenters. The molecule has 19 heavy (non-hydrogen) atoms. The molecule has 5 heteroatoms. The fourth-order valence-corrected chi connectivity index (χ4v) is 3.04. The maximum absolute atomic E-state index is 13.4. The lowest BCUT2D eigenvalue weighted by Gasteiger charge is -2.16. The van der Waals surface area contributed by atoms with Gasteiger partial charge in [0.05, 0.1) is 5.02 Å². The monoisotopic (exact) mass is 406 g/mol. The van der Waals surface area contributed by atoms with Crippen molar-refractivity contribution in [2.24, 2.45) is 0 Å². The molecule has 0 heterocycles. The average molecular weight is 408 g/mol. The molecule has 2 rings (SSSR count). The summed E-state index contributed by atoms with van der Waals surface area (Å²) < 4.78 is 15.1. The second-order valence-corrected chi connectivity index (χ2v) is 6.26. The first kappa shape index (κ1) is 15.0. The molecule has 1 N–H and O–H groups in total. The van der Waals surface area contributed by atoms with Crippen molar-refractivity contribution >= 4 is 43.5 Å². The lowest BCUT2D eigenvalue weighted by atomic mass is 10.0. The van der Waals surface area contributed by atoms with Gasteiger partial charge in [0.25, 0.3) is 0 Å². The second-order valence-electron chi connectivity index (χ2n) is 4.17. The van der Waals surface area contributed by atoms with E-state index in [2.05, 4.69) is 31.9 Å². The maximum atomic E-state index is 13.4. The van der Waals surface area contributed by atoms with Crippen molar-refractivity contribution in [3.05, 3.63) is 66.8 Å². The second kappa shape index (κ2) is 5.92. The highest BCUT2D eigenvalue weighted by molar-refractivity contribution is 9.11. The van der Waals surface area contributed by atoms with E-state index in [1.165, 1.54) is 12.1 Å². The molecule has 0 radical (unpaired) electrons. The van der Waals surface area contributed by atoms with Crippen LogP contribution in [0.15, 0.2) is 39.3 Å². The Morgan fingerprint density at radius 1 is 1.16 bits per heavy atom. The summed E-state index contributed by atoms with van der Waals surface area (Å²) in [5.74, 6) is -0.541. The van der Waals surface area contributed by atoms with Gasteiger partial charge in [-0.2, -0.15) is 0 Å². The number of benzene rings is 2. The highest BCUT2D eigenvalue weighted by atomic mass is 79.9. The van der Waals surface area contributed by atoms with Crippen LogP contribution >= 0.6 is 43.5 Å². The van der Waals surface area contributed by atoms with Crippen LogP contribution in [0.3, 0.4) is 0 Å². The zero-order valence-electron chi connectivity index (χ0n) is 9.92. The third-order valence-electron chi connectivity index (χ3n) is 2.85. The number of halogens is 4. The number of rotatable bonds is 2. The minimum Gasteiger partial charge on any atom is -0.384 e. The van der Waals surface area contributed by atoms with E-state index in [0.717, 1.165) is 14.5 Å². The first-order valence-corrected chi connectivity index (χ1v) is 7.45. The minimum absolute atomic E-state index is 0.0569. The molecule has 0 fully saturated rings. The summed E-state index contributed by atoms with van der Waals surface area (Å²) in [6.45, 7) is 1.94. The Morgan fingerprint density at radius 2 is 1.84 bits per heavy atom. The lowest BCUT2D eigenvalue weighted by Crippen LogP contribution is -2.03. The van der Waals surface area contributed by atoms with E-state index in [9.17, 15) is 9.50 Å². The van der Waals surface area contributed by atoms with Crippen LogP contribution < -0.4 is 0 Å². The molecule has 0 aliphatic carbocycles. The summed E-state index contributed by atoms with van der Waals surface area (Å²) in [5.41, 5.74) is 2.01. The molecular formula is C14H10Br2ClFO. The lowest BCUT2D eigenvalue weighted by molar-refractivity contribution is 0.219. The van der Waals surface area contributed by atoms with Crippen LogP contribution in [0.25, 0.3) is 0 Å². The smallest absolute Gasteiger partial charge is 0.142 e. The zero-order chi connectivity index (χ0) is 14.2. The average Bonchev–Trinajstić information content (AvgIpc) is 2.36. The predicted octanol–water partition coefficient (Wildman–Crippen LogP) is 5.39. The molecule has 2 aromatic rings. The van der Waals surface area contributed by atoms with Gasteiger partial charge in [-0.15, -0.1) is 0 Å². The Bertz CT molecular complexity index is 631. The van der Waals surface area contributed by atoms with Crippen molar-refractivity contribution in [2.75, 3.05) is 0 Å². The summed E-state index contributed by atoms with van der Waals surface area (Å²) in [6.07, 6.45) is -0.991. The Morgan fingerprint density at radius 3 is 2.53 bits per heavy atom. The van der Waals surface area contributed by atoms with Gasteiger partial charge >= 0.3 is 0 Å². The first-order valence-electron chi connectivity index (χ1n) is 5.49. The summed E-state index contributed by atoms with van der Waals surface area (Å²) in [5, 5.41) is 10.3. The Balaban J connectivity index is 2.53. The van der Waals surface area contributed by atoms with Gasteiger partial charge in [-0.25, -0.2) is 4.39 Å². The van der Waals surface area contributed by atoms with Crippen molar-refractivity contribution in [1.82, 2.24) is 0 Å². The Kier molecular flexibility index (Phi) is 4.66. The van der Waals surface area contributed by atoms with Gasteiger partial charge in [-0.05, 0) is 30.7 Å². The SMILES string of the molecule is Cc1cc(Br)c(C(O)c2cccc(F)c2Cl)cc1Br. The Labute approximate surface area is 132 Å². The van der Waals surface area contributed by atoms with Crippen molar-refractivity contribution in [2.45, 2.75) is 13.0 Å². The van der Waals surface area contributed by atoms with Crippen LogP contribution in [0.1, 0.15) is 22.8 Å². The Hall–Kier alpha value is -0.420. The number of hydrogen-bond acceptors (Lipinski definition) is 1. The number of aliphatic hydroxyl groups is 1. The molecular weight excluding hydrogens is 398 g/mol. The fourth-order valence-electron chi connectivity index (χ4n) is 1.77. The number of aryl methyl sites for hydroxylation is 1. The van der Waals surface area contributed by atoms with Crippen LogP contribution in [0.2, 0.25) is 5.02 Å². The van der Waals surface area contributed by atoms with E-state index in [0.29, 0.717) is 11.1 Å². The van der Waals surface area contributed by atoms with Gasteiger partial charge in [-0.1, -0.05) is 55.6 Å². The number of aliphatic hydroxyl groups excluding tert-OH is 1. The summed E-state index contributed by atoms with van der Waals surface area (Å²) in [7, 11) is 0. The molecule has 1 nitrogen and oxygen atoms in total. The van der Waals surface area contributed by atoms with Crippen molar-refractivity contribution in [3.8, 4) is 0 Å². The molecule has 0 aliphatic rings. The van der Waals surface area contributed by atoms with E-state index < -0.39 is 11.9 Å². The maximum Gasteiger partial charge on any atom is 0.142 e. The van der Waals surface area contributed by atoms with Crippen molar-refractivity contribution in [1.29, 1.82) is 0 Å². The molecule has 2 aromatic carbocycles. The summed E-state index contributed by atoms with van der Waals surface area (Å²) in [6, 6.07) is 8.08. The molecule has 0 aromatic heterocycles. The van der Waals surface area contributed by atoms with E-state index >= 15 is 0 Å². The largest absolute Gasteiger partial charge is 0.384 e. The molecule has 0 saturated heterocycles. The zero-order valence-corrected chi connectivity index (χ0v) is 13.9. The van der Waals surface area contributed by atoms with E-state index in [4.69, 9.17) is 11.6 Å². The van der Waals surface area contributed by atoms with Gasteiger partial charge in [0, 0.05) is 20.1 Å². The summed E-state index contributed by atoms with van der Waals surface area (Å²) >= 11 is 12.7. The quantitative estimate of drug-likeness (QED) is 0.706. The van der Waals surface area contributed by atoms with Gasteiger partial charge in [0.15, 0.2) is 0 Å². The fraction of sp³-hybridized carbons (Fsp3) is 0.143. The van der Waals surface area contributed by atoms with E-state index in [-0.39, 0.29) is 5.02 Å². The number of hydrogen-bond donors (Lipinski definition) is 1. The van der Waals surface area contributed by atoms with Crippen molar-refractivity contribution < 1.29 is 9.50 Å². The van der Waals surface area contributed by atoms with Gasteiger partial charge in [-0.3, -0.25) is 0 Å².